The summed E-state index contributed by atoms with van der Waals surface area (Å²) in [5.41, 5.74) is 1.08. The molecule has 1 saturated carbocycles. The van der Waals surface area contributed by atoms with Crippen molar-refractivity contribution >= 4 is 11.6 Å². The molecule has 0 N–H and O–H groups in total. The Bertz CT molecular complexity index is 719. The normalized spacial score (nSPS) is 26.5. The van der Waals surface area contributed by atoms with Crippen molar-refractivity contribution in [1.29, 1.82) is 0 Å². The van der Waals surface area contributed by atoms with Gasteiger partial charge in [0, 0.05) is 18.1 Å². The van der Waals surface area contributed by atoms with Gasteiger partial charge in [0.2, 0.25) is 11.8 Å². The van der Waals surface area contributed by atoms with Crippen LogP contribution in [-0.4, -0.2) is 41.3 Å². The number of rotatable bonds is 4. The molecule has 1 aromatic heterocycles. The molecule has 0 radical (unpaired) electrons. The number of benzene rings is 1. The van der Waals surface area contributed by atoms with Crippen molar-refractivity contribution in [3.63, 3.8) is 0 Å². The number of nitrogens with zero attached hydrogens (tertiary/aromatic N) is 3. The molecular weight excluding hydrogens is 326 g/mol. The summed E-state index contributed by atoms with van der Waals surface area (Å²) in [4.78, 5) is 2.24. The van der Waals surface area contributed by atoms with Crippen LogP contribution in [-0.2, 0) is 16.6 Å². The molecule has 2 atom stereocenters. The molecule has 1 aliphatic carbocycles. The molecule has 0 spiro atoms. The first-order valence-electron chi connectivity index (χ1n) is 8.47. The summed E-state index contributed by atoms with van der Waals surface area (Å²) in [6.45, 7) is 3.77. The molecule has 2 aliphatic rings. The van der Waals surface area contributed by atoms with E-state index in [0.717, 1.165) is 48.8 Å². The summed E-state index contributed by atoms with van der Waals surface area (Å²) >= 11 is 6.31. The molecule has 1 aromatic carbocycles. The van der Waals surface area contributed by atoms with Gasteiger partial charge in [0.15, 0.2) is 0 Å². The predicted octanol–water partition coefficient (Wildman–Crippen LogP) is 3.39. The maximum absolute atomic E-state index is 6.31. The van der Waals surface area contributed by atoms with Crippen LogP contribution in [0.2, 0.25) is 5.02 Å². The Kier molecular flexibility index (Phi) is 4.11. The van der Waals surface area contributed by atoms with E-state index < -0.39 is 0 Å². The molecule has 0 unspecified atom stereocenters. The number of aromatic nitrogens is 2. The lowest BCUT2D eigenvalue weighted by molar-refractivity contribution is -0.0827. The Hall–Kier alpha value is -1.43. The highest BCUT2D eigenvalue weighted by molar-refractivity contribution is 6.31. The Morgan fingerprint density at radius 2 is 2.04 bits per heavy atom. The molecule has 6 heteroatoms. The lowest BCUT2D eigenvalue weighted by atomic mass is 9.96. The van der Waals surface area contributed by atoms with Crippen molar-refractivity contribution in [2.24, 2.45) is 0 Å². The first-order valence-corrected chi connectivity index (χ1v) is 8.85. The smallest absolute Gasteiger partial charge is 0.246 e. The SMILES string of the molecule is C[C@@H]1CN(C)C[C@H](c2nnc(C3(Cc4ccccc4Cl)CC3)o2)O1. The Balaban J connectivity index is 1.53. The van der Waals surface area contributed by atoms with E-state index in [1.807, 2.05) is 18.2 Å². The fourth-order valence-electron chi connectivity index (χ4n) is 3.50. The van der Waals surface area contributed by atoms with Crippen LogP contribution in [0.3, 0.4) is 0 Å². The highest BCUT2D eigenvalue weighted by atomic mass is 35.5. The number of hydrogen-bond acceptors (Lipinski definition) is 5. The van der Waals surface area contributed by atoms with Gasteiger partial charge in [-0.05, 0) is 44.9 Å². The minimum atomic E-state index is -0.142. The minimum absolute atomic E-state index is 0.0531. The molecule has 0 amide bonds. The fraction of sp³-hybridized carbons (Fsp3) is 0.556. The van der Waals surface area contributed by atoms with Gasteiger partial charge in [-0.1, -0.05) is 29.8 Å². The molecule has 24 heavy (non-hydrogen) atoms. The van der Waals surface area contributed by atoms with Gasteiger partial charge in [0.05, 0.1) is 11.5 Å². The standard InChI is InChI=1S/C18H22ClN3O2/c1-12-10-22(2)11-15(23-12)16-20-21-17(24-16)18(7-8-18)9-13-5-3-4-6-14(13)19/h3-6,12,15H,7-11H2,1-2H3/t12-,15-/m1/s1. The summed E-state index contributed by atoms with van der Waals surface area (Å²) in [6.07, 6.45) is 2.98. The van der Waals surface area contributed by atoms with Gasteiger partial charge in [-0.3, -0.25) is 0 Å². The third-order valence-electron chi connectivity index (χ3n) is 4.95. The monoisotopic (exact) mass is 347 g/mol. The van der Waals surface area contributed by atoms with Gasteiger partial charge < -0.3 is 14.1 Å². The van der Waals surface area contributed by atoms with E-state index in [9.17, 15) is 0 Å². The van der Waals surface area contributed by atoms with Gasteiger partial charge >= 0.3 is 0 Å². The average molecular weight is 348 g/mol. The van der Waals surface area contributed by atoms with Gasteiger partial charge in [-0.15, -0.1) is 10.2 Å². The lowest BCUT2D eigenvalue weighted by Gasteiger charge is -2.32. The topological polar surface area (TPSA) is 51.4 Å². The first-order chi connectivity index (χ1) is 11.6. The van der Waals surface area contributed by atoms with Crippen LogP contribution in [0.5, 0.6) is 0 Å². The van der Waals surface area contributed by atoms with E-state index in [2.05, 4.69) is 35.1 Å². The predicted molar refractivity (Wildman–Crippen MR) is 91.2 cm³/mol. The van der Waals surface area contributed by atoms with Crippen molar-refractivity contribution in [2.45, 2.75) is 43.8 Å². The summed E-state index contributed by atoms with van der Waals surface area (Å²) < 4.78 is 12.0. The van der Waals surface area contributed by atoms with E-state index in [-0.39, 0.29) is 17.6 Å². The Morgan fingerprint density at radius 3 is 2.75 bits per heavy atom. The number of likely N-dealkylation sites (N-methyl/N-ethyl adjacent to an activating group) is 1. The van der Waals surface area contributed by atoms with Crippen molar-refractivity contribution in [2.75, 3.05) is 20.1 Å². The van der Waals surface area contributed by atoms with E-state index in [4.69, 9.17) is 20.8 Å². The van der Waals surface area contributed by atoms with Crippen LogP contribution in [0.4, 0.5) is 0 Å². The first kappa shape index (κ1) is 16.1. The molecule has 1 aliphatic heterocycles. The quantitative estimate of drug-likeness (QED) is 0.848. The van der Waals surface area contributed by atoms with Crippen LogP contribution < -0.4 is 0 Å². The van der Waals surface area contributed by atoms with Gasteiger partial charge in [-0.25, -0.2) is 0 Å². The van der Waals surface area contributed by atoms with Gasteiger partial charge in [0.1, 0.15) is 6.10 Å². The van der Waals surface area contributed by atoms with Crippen LogP contribution in [0.15, 0.2) is 28.7 Å². The van der Waals surface area contributed by atoms with E-state index >= 15 is 0 Å². The minimum Gasteiger partial charge on any atom is -0.422 e. The number of halogens is 1. The number of ether oxygens (including phenoxy) is 1. The summed E-state index contributed by atoms with van der Waals surface area (Å²) in [7, 11) is 2.09. The van der Waals surface area contributed by atoms with Crippen LogP contribution in [0, 0.1) is 0 Å². The second-order valence-corrected chi connectivity index (χ2v) is 7.56. The Morgan fingerprint density at radius 1 is 1.25 bits per heavy atom. The summed E-state index contributed by atoms with van der Waals surface area (Å²) in [5, 5.41) is 9.42. The van der Waals surface area contributed by atoms with E-state index in [1.165, 1.54) is 0 Å². The molecular formula is C18H22ClN3O2. The lowest BCUT2D eigenvalue weighted by Crippen LogP contribution is -2.40. The van der Waals surface area contributed by atoms with Crippen molar-refractivity contribution in [3.05, 3.63) is 46.6 Å². The molecule has 5 nitrogen and oxygen atoms in total. The van der Waals surface area contributed by atoms with Crippen molar-refractivity contribution in [1.82, 2.24) is 15.1 Å². The molecule has 2 aromatic rings. The van der Waals surface area contributed by atoms with Crippen molar-refractivity contribution < 1.29 is 9.15 Å². The molecule has 2 fully saturated rings. The number of morpholine rings is 1. The molecule has 1 saturated heterocycles. The highest BCUT2D eigenvalue weighted by Gasteiger charge is 2.49. The van der Waals surface area contributed by atoms with Crippen molar-refractivity contribution in [3.8, 4) is 0 Å². The molecule has 128 valence electrons. The Labute approximate surface area is 147 Å². The third-order valence-corrected chi connectivity index (χ3v) is 5.32. The molecule has 2 heterocycles. The second-order valence-electron chi connectivity index (χ2n) is 7.15. The number of hydrogen-bond donors (Lipinski definition) is 0. The zero-order valence-corrected chi connectivity index (χ0v) is 14.8. The molecule has 0 bridgehead atoms. The van der Waals surface area contributed by atoms with E-state index in [1.54, 1.807) is 0 Å². The maximum atomic E-state index is 6.31. The highest BCUT2D eigenvalue weighted by Crippen LogP contribution is 2.51. The van der Waals surface area contributed by atoms with Crippen LogP contribution in [0.25, 0.3) is 0 Å². The summed E-state index contributed by atoms with van der Waals surface area (Å²) in [6, 6.07) is 7.97. The average Bonchev–Trinajstić information content (AvgIpc) is 3.14. The van der Waals surface area contributed by atoms with Gasteiger partial charge in [0.25, 0.3) is 0 Å². The summed E-state index contributed by atoms with van der Waals surface area (Å²) in [5.74, 6) is 1.32. The van der Waals surface area contributed by atoms with Crippen LogP contribution in [0.1, 0.15) is 43.2 Å². The van der Waals surface area contributed by atoms with E-state index in [0.29, 0.717) is 5.89 Å². The zero-order chi connectivity index (χ0) is 16.7. The largest absolute Gasteiger partial charge is 0.422 e. The third kappa shape index (κ3) is 3.08. The van der Waals surface area contributed by atoms with Crippen LogP contribution >= 0.6 is 11.6 Å². The molecule has 4 rings (SSSR count). The second kappa shape index (κ2) is 6.14. The fourth-order valence-corrected chi connectivity index (χ4v) is 3.70. The zero-order valence-electron chi connectivity index (χ0n) is 14.0. The van der Waals surface area contributed by atoms with Gasteiger partial charge in [-0.2, -0.15) is 0 Å². The maximum Gasteiger partial charge on any atom is 0.246 e.